The molecule has 6 nitrogen and oxygen atoms in total. The number of ether oxygens (including phenoxy) is 1. The summed E-state index contributed by atoms with van der Waals surface area (Å²) in [6.07, 6.45) is 4.20. The van der Waals surface area contributed by atoms with Crippen LogP contribution in [0, 0.1) is 5.92 Å². The van der Waals surface area contributed by atoms with Crippen molar-refractivity contribution < 1.29 is 9.53 Å². The minimum atomic E-state index is -0.0747. The largest absolute Gasteiger partial charge is 0.466 e. The molecule has 140 valence electrons. The summed E-state index contributed by atoms with van der Waals surface area (Å²) in [5, 5.41) is 3.44. The molecule has 0 saturated carbocycles. The predicted molar refractivity (Wildman–Crippen MR) is 99.3 cm³/mol. The molecule has 24 heavy (non-hydrogen) atoms. The average Bonchev–Trinajstić information content (AvgIpc) is 2.58. The van der Waals surface area contributed by atoms with E-state index in [1.54, 1.807) is 0 Å². The van der Waals surface area contributed by atoms with Crippen molar-refractivity contribution in [3.05, 3.63) is 0 Å². The van der Waals surface area contributed by atoms with Crippen LogP contribution in [-0.4, -0.2) is 74.7 Å². The molecule has 0 radical (unpaired) electrons. The number of hydrogen-bond acceptors (Lipinski definition) is 4. The molecule has 1 aliphatic rings. The first-order valence-corrected chi connectivity index (χ1v) is 9.32. The van der Waals surface area contributed by atoms with Gasteiger partial charge in [-0.05, 0) is 60.0 Å². The van der Waals surface area contributed by atoms with E-state index in [0.29, 0.717) is 19.2 Å². The van der Waals surface area contributed by atoms with E-state index in [1.165, 1.54) is 6.42 Å². The molecule has 1 atom stereocenters. The fourth-order valence-electron chi connectivity index (χ4n) is 2.90. The molecule has 1 fully saturated rings. The van der Waals surface area contributed by atoms with E-state index in [2.05, 4.69) is 41.0 Å². The number of rotatable bonds is 8. The Balaban J connectivity index is 2.34. The molecular weight excluding hydrogens is 304 g/mol. The maximum Gasteiger partial charge on any atom is 0.310 e. The standard InChI is InChI=1S/C18H36N4O2/c1-6-24-17(23)16-10-9-13-22(14-16)18(19-4)20-11-7-8-12-21(5)15(2)3/h15-16H,6-14H2,1-5H3,(H,19,20)/t16-/m0/s1. The van der Waals surface area contributed by atoms with Crippen LogP contribution in [0.2, 0.25) is 0 Å². The van der Waals surface area contributed by atoms with Gasteiger partial charge < -0.3 is 19.9 Å². The maximum atomic E-state index is 12.0. The summed E-state index contributed by atoms with van der Waals surface area (Å²) in [6.45, 7) is 10.4. The highest BCUT2D eigenvalue weighted by molar-refractivity contribution is 5.81. The molecule has 1 saturated heterocycles. The van der Waals surface area contributed by atoms with Gasteiger partial charge in [-0.25, -0.2) is 0 Å². The number of carbonyl (C=O) groups is 1. The second kappa shape index (κ2) is 11.3. The lowest BCUT2D eigenvalue weighted by molar-refractivity contribution is -0.149. The second-order valence-corrected chi connectivity index (χ2v) is 6.79. The summed E-state index contributed by atoms with van der Waals surface area (Å²) in [7, 11) is 3.98. The molecule has 1 N–H and O–H groups in total. The molecule has 1 rings (SSSR count). The quantitative estimate of drug-likeness (QED) is 0.317. The van der Waals surface area contributed by atoms with Gasteiger partial charge in [0.15, 0.2) is 5.96 Å². The van der Waals surface area contributed by atoms with Gasteiger partial charge in [-0.15, -0.1) is 0 Å². The van der Waals surface area contributed by atoms with E-state index < -0.39 is 0 Å². The Morgan fingerprint density at radius 2 is 2.17 bits per heavy atom. The van der Waals surface area contributed by atoms with E-state index >= 15 is 0 Å². The summed E-state index contributed by atoms with van der Waals surface area (Å²) >= 11 is 0. The highest BCUT2D eigenvalue weighted by Crippen LogP contribution is 2.18. The van der Waals surface area contributed by atoms with Crippen LogP contribution in [0.15, 0.2) is 4.99 Å². The third-order valence-electron chi connectivity index (χ3n) is 4.65. The maximum absolute atomic E-state index is 12.0. The Morgan fingerprint density at radius 1 is 1.42 bits per heavy atom. The number of aliphatic imine (C=N–C) groups is 1. The molecule has 0 aromatic rings. The van der Waals surface area contributed by atoms with Gasteiger partial charge in [0, 0.05) is 32.7 Å². The minimum Gasteiger partial charge on any atom is -0.466 e. The summed E-state index contributed by atoms with van der Waals surface area (Å²) in [5.74, 6) is 0.799. The normalized spacial score (nSPS) is 19.0. The van der Waals surface area contributed by atoms with Gasteiger partial charge in [0.25, 0.3) is 0 Å². The molecule has 0 unspecified atom stereocenters. The molecular formula is C18H36N4O2. The third-order valence-corrected chi connectivity index (χ3v) is 4.65. The summed E-state index contributed by atoms with van der Waals surface area (Å²) in [4.78, 5) is 20.9. The van der Waals surface area contributed by atoms with Crippen molar-refractivity contribution in [2.45, 2.75) is 52.5 Å². The SMILES string of the molecule is CCOC(=O)[C@H]1CCCN(C(=NC)NCCCCN(C)C(C)C)C1. The molecule has 1 aliphatic heterocycles. The van der Waals surface area contributed by atoms with Crippen LogP contribution in [-0.2, 0) is 9.53 Å². The fourth-order valence-corrected chi connectivity index (χ4v) is 2.90. The predicted octanol–water partition coefficient (Wildman–Crippen LogP) is 1.96. The number of likely N-dealkylation sites (tertiary alicyclic amines) is 1. The molecule has 0 bridgehead atoms. The molecule has 0 amide bonds. The fraction of sp³-hybridized carbons (Fsp3) is 0.889. The first-order valence-electron chi connectivity index (χ1n) is 9.32. The van der Waals surface area contributed by atoms with Crippen LogP contribution in [0.5, 0.6) is 0 Å². The summed E-state index contributed by atoms with van der Waals surface area (Å²) < 4.78 is 5.17. The molecule has 0 aliphatic carbocycles. The van der Waals surface area contributed by atoms with Gasteiger partial charge in [-0.3, -0.25) is 9.79 Å². The van der Waals surface area contributed by atoms with Gasteiger partial charge in [0.1, 0.15) is 0 Å². The lowest BCUT2D eigenvalue weighted by Crippen LogP contribution is -2.48. The van der Waals surface area contributed by atoms with Gasteiger partial charge in [0.05, 0.1) is 12.5 Å². The highest BCUT2D eigenvalue weighted by atomic mass is 16.5. The third kappa shape index (κ3) is 7.07. The first kappa shape index (κ1) is 20.7. The van der Waals surface area contributed by atoms with Crippen LogP contribution in [0.4, 0.5) is 0 Å². The number of nitrogens with zero attached hydrogens (tertiary/aromatic N) is 3. The van der Waals surface area contributed by atoms with Crippen LogP contribution in [0.1, 0.15) is 46.5 Å². The number of hydrogen-bond donors (Lipinski definition) is 1. The zero-order valence-corrected chi connectivity index (χ0v) is 16.2. The Bertz CT molecular complexity index is 398. The smallest absolute Gasteiger partial charge is 0.310 e. The number of piperidine rings is 1. The average molecular weight is 341 g/mol. The van der Waals surface area contributed by atoms with Crippen molar-refractivity contribution >= 4 is 11.9 Å². The summed E-state index contributed by atoms with van der Waals surface area (Å²) in [6, 6.07) is 0.596. The zero-order chi connectivity index (χ0) is 17.9. The van der Waals surface area contributed by atoms with Crippen LogP contribution >= 0.6 is 0 Å². The topological polar surface area (TPSA) is 57.2 Å². The van der Waals surface area contributed by atoms with E-state index in [-0.39, 0.29) is 11.9 Å². The highest BCUT2D eigenvalue weighted by Gasteiger charge is 2.28. The molecule has 6 heteroatoms. The lowest BCUT2D eigenvalue weighted by Gasteiger charge is -2.34. The molecule has 0 spiro atoms. The van der Waals surface area contributed by atoms with E-state index in [9.17, 15) is 4.79 Å². The lowest BCUT2D eigenvalue weighted by atomic mass is 9.98. The number of unbranched alkanes of at least 4 members (excludes halogenated alkanes) is 1. The number of guanidine groups is 1. The monoisotopic (exact) mass is 340 g/mol. The van der Waals surface area contributed by atoms with Gasteiger partial charge >= 0.3 is 5.97 Å². The van der Waals surface area contributed by atoms with Crippen molar-refractivity contribution in [1.29, 1.82) is 0 Å². The van der Waals surface area contributed by atoms with Gasteiger partial charge in [-0.1, -0.05) is 0 Å². The Labute approximate surface area is 147 Å². The van der Waals surface area contributed by atoms with Crippen LogP contribution in [0.25, 0.3) is 0 Å². The zero-order valence-electron chi connectivity index (χ0n) is 16.2. The molecule has 0 aromatic heterocycles. The second-order valence-electron chi connectivity index (χ2n) is 6.79. The van der Waals surface area contributed by atoms with Crippen molar-refractivity contribution in [2.24, 2.45) is 10.9 Å². The van der Waals surface area contributed by atoms with Gasteiger partial charge in [0.2, 0.25) is 0 Å². The number of nitrogens with one attached hydrogen (secondary N) is 1. The van der Waals surface area contributed by atoms with Crippen molar-refractivity contribution in [2.75, 3.05) is 46.9 Å². The minimum absolute atomic E-state index is 0.0306. The Hall–Kier alpha value is -1.30. The van der Waals surface area contributed by atoms with Crippen LogP contribution < -0.4 is 5.32 Å². The van der Waals surface area contributed by atoms with E-state index in [4.69, 9.17) is 4.74 Å². The van der Waals surface area contributed by atoms with E-state index in [0.717, 1.165) is 44.9 Å². The van der Waals surface area contributed by atoms with E-state index in [1.807, 2.05) is 14.0 Å². The van der Waals surface area contributed by atoms with Crippen molar-refractivity contribution in [1.82, 2.24) is 15.1 Å². The van der Waals surface area contributed by atoms with Gasteiger partial charge in [-0.2, -0.15) is 0 Å². The van der Waals surface area contributed by atoms with Crippen molar-refractivity contribution in [3.63, 3.8) is 0 Å². The molecule has 0 aromatic carbocycles. The van der Waals surface area contributed by atoms with Crippen molar-refractivity contribution in [3.8, 4) is 0 Å². The number of esters is 1. The first-order chi connectivity index (χ1) is 11.5. The summed E-state index contributed by atoms with van der Waals surface area (Å²) in [5.41, 5.74) is 0. The number of carbonyl (C=O) groups excluding carboxylic acids is 1. The Kier molecular flexibility index (Phi) is 9.76. The van der Waals surface area contributed by atoms with Crippen LogP contribution in [0.3, 0.4) is 0 Å². The molecule has 1 heterocycles. The Morgan fingerprint density at radius 3 is 2.79 bits per heavy atom.